The van der Waals surface area contributed by atoms with Crippen LogP contribution in [-0.4, -0.2) is 35.0 Å². The van der Waals surface area contributed by atoms with Crippen molar-refractivity contribution in [1.82, 2.24) is 4.90 Å². The Kier molecular flexibility index (Phi) is 5.97. The molecule has 15 heavy (non-hydrogen) atoms. The first kappa shape index (κ1) is 13.9. The molecule has 2 unspecified atom stereocenters. The molecule has 0 saturated carbocycles. The summed E-state index contributed by atoms with van der Waals surface area (Å²) in [4.78, 5) is 24.3. The molecule has 88 valence electrons. The van der Waals surface area contributed by atoms with E-state index in [2.05, 4.69) is 0 Å². The summed E-state index contributed by atoms with van der Waals surface area (Å²) >= 11 is 0. The quantitative estimate of drug-likeness (QED) is 0.732. The molecule has 0 aliphatic rings. The summed E-state index contributed by atoms with van der Waals surface area (Å²) in [6, 6.07) is 0. The molecular formula is C11H21NO3. The molecule has 0 bridgehead atoms. The van der Waals surface area contributed by atoms with Gasteiger partial charge in [-0.1, -0.05) is 20.8 Å². The molecule has 0 fully saturated rings. The van der Waals surface area contributed by atoms with Gasteiger partial charge in [0.25, 0.3) is 0 Å². The zero-order chi connectivity index (χ0) is 12.0. The molecular weight excluding hydrogens is 194 g/mol. The van der Waals surface area contributed by atoms with Crippen molar-refractivity contribution in [3.63, 3.8) is 0 Å². The minimum absolute atomic E-state index is 0.0609. The minimum atomic E-state index is -0.914. The third kappa shape index (κ3) is 3.90. The highest BCUT2D eigenvalue weighted by atomic mass is 16.4. The standard InChI is InChI=1S/C11H21NO3/c1-5-7-12(6-2)10(13)8(3)9(4)11(14)15/h8-9H,5-7H2,1-4H3,(H,14,15). The van der Waals surface area contributed by atoms with Crippen LogP contribution in [0.5, 0.6) is 0 Å². The van der Waals surface area contributed by atoms with E-state index in [-0.39, 0.29) is 5.91 Å². The Hall–Kier alpha value is -1.06. The van der Waals surface area contributed by atoms with Gasteiger partial charge in [0, 0.05) is 19.0 Å². The van der Waals surface area contributed by atoms with Crippen LogP contribution in [0.15, 0.2) is 0 Å². The van der Waals surface area contributed by atoms with Crippen LogP contribution in [0.2, 0.25) is 0 Å². The summed E-state index contributed by atoms with van der Waals surface area (Å²) in [5.41, 5.74) is 0. The number of carbonyl (C=O) groups excluding carboxylic acids is 1. The normalized spacial score (nSPS) is 14.4. The van der Waals surface area contributed by atoms with E-state index in [0.29, 0.717) is 13.1 Å². The van der Waals surface area contributed by atoms with Crippen LogP contribution in [0.1, 0.15) is 34.1 Å². The molecule has 2 atom stereocenters. The van der Waals surface area contributed by atoms with Crippen LogP contribution in [0.3, 0.4) is 0 Å². The lowest BCUT2D eigenvalue weighted by atomic mass is 9.94. The van der Waals surface area contributed by atoms with Crippen LogP contribution in [0.4, 0.5) is 0 Å². The summed E-state index contributed by atoms with van der Waals surface area (Å²) in [7, 11) is 0. The van der Waals surface area contributed by atoms with Crippen molar-refractivity contribution in [3.8, 4) is 0 Å². The first-order valence-electron chi connectivity index (χ1n) is 5.47. The van der Waals surface area contributed by atoms with Crippen molar-refractivity contribution < 1.29 is 14.7 Å². The Balaban J connectivity index is 4.46. The highest BCUT2D eigenvalue weighted by molar-refractivity contribution is 5.84. The second kappa shape index (κ2) is 6.43. The number of hydrogen-bond donors (Lipinski definition) is 1. The molecule has 0 aromatic carbocycles. The van der Waals surface area contributed by atoms with Crippen LogP contribution < -0.4 is 0 Å². The molecule has 1 amide bonds. The first-order valence-corrected chi connectivity index (χ1v) is 5.47. The molecule has 0 rings (SSSR count). The number of carboxylic acid groups (broad SMARTS) is 1. The number of rotatable bonds is 6. The summed E-state index contributed by atoms with van der Waals surface area (Å²) in [5.74, 6) is -2.05. The molecule has 0 aliphatic carbocycles. The van der Waals surface area contributed by atoms with Gasteiger partial charge >= 0.3 is 5.97 Å². The SMILES string of the molecule is CCCN(CC)C(=O)C(C)C(C)C(=O)O. The summed E-state index contributed by atoms with van der Waals surface area (Å²) in [5, 5.41) is 8.81. The van der Waals surface area contributed by atoms with Crippen molar-refractivity contribution in [1.29, 1.82) is 0 Å². The van der Waals surface area contributed by atoms with Crippen molar-refractivity contribution in [2.24, 2.45) is 11.8 Å². The van der Waals surface area contributed by atoms with E-state index in [0.717, 1.165) is 6.42 Å². The van der Waals surface area contributed by atoms with Gasteiger partial charge in [-0.25, -0.2) is 0 Å². The number of carboxylic acids is 1. The molecule has 1 N–H and O–H groups in total. The van der Waals surface area contributed by atoms with Crippen LogP contribution in [-0.2, 0) is 9.59 Å². The molecule has 4 nitrogen and oxygen atoms in total. The number of carbonyl (C=O) groups is 2. The van der Waals surface area contributed by atoms with E-state index in [9.17, 15) is 9.59 Å². The zero-order valence-electron chi connectivity index (χ0n) is 9.99. The van der Waals surface area contributed by atoms with E-state index in [1.807, 2.05) is 13.8 Å². The van der Waals surface area contributed by atoms with Gasteiger partial charge in [-0.15, -0.1) is 0 Å². The maximum atomic E-state index is 11.9. The molecule has 0 spiro atoms. The number of aliphatic carboxylic acids is 1. The number of amides is 1. The van der Waals surface area contributed by atoms with Gasteiger partial charge in [0.1, 0.15) is 0 Å². The Morgan fingerprint density at radius 3 is 2.07 bits per heavy atom. The molecule has 0 heterocycles. The van der Waals surface area contributed by atoms with E-state index < -0.39 is 17.8 Å². The van der Waals surface area contributed by atoms with Gasteiger partial charge in [-0.05, 0) is 13.3 Å². The topological polar surface area (TPSA) is 57.6 Å². The van der Waals surface area contributed by atoms with Gasteiger partial charge in [-0.2, -0.15) is 0 Å². The lowest BCUT2D eigenvalue weighted by Crippen LogP contribution is -2.39. The minimum Gasteiger partial charge on any atom is -0.481 e. The lowest BCUT2D eigenvalue weighted by molar-refractivity contribution is -0.149. The summed E-state index contributed by atoms with van der Waals surface area (Å²) < 4.78 is 0. The number of hydrogen-bond acceptors (Lipinski definition) is 2. The zero-order valence-corrected chi connectivity index (χ0v) is 9.99. The molecule has 0 aliphatic heterocycles. The molecule has 0 saturated heterocycles. The Bertz CT molecular complexity index is 228. The van der Waals surface area contributed by atoms with Gasteiger partial charge in [0.05, 0.1) is 5.92 Å². The lowest BCUT2D eigenvalue weighted by Gasteiger charge is -2.25. The highest BCUT2D eigenvalue weighted by Gasteiger charge is 2.28. The van der Waals surface area contributed by atoms with Gasteiger partial charge in [0.15, 0.2) is 0 Å². The van der Waals surface area contributed by atoms with Crippen molar-refractivity contribution in [3.05, 3.63) is 0 Å². The van der Waals surface area contributed by atoms with Crippen LogP contribution >= 0.6 is 0 Å². The first-order chi connectivity index (χ1) is 6.95. The summed E-state index contributed by atoms with van der Waals surface area (Å²) in [6.07, 6.45) is 0.897. The van der Waals surface area contributed by atoms with E-state index in [4.69, 9.17) is 5.11 Å². The van der Waals surface area contributed by atoms with Crippen molar-refractivity contribution >= 4 is 11.9 Å². The molecule has 0 aromatic heterocycles. The van der Waals surface area contributed by atoms with E-state index in [1.54, 1.807) is 18.7 Å². The van der Waals surface area contributed by atoms with Gasteiger partial charge < -0.3 is 10.0 Å². The Morgan fingerprint density at radius 2 is 1.73 bits per heavy atom. The van der Waals surface area contributed by atoms with E-state index in [1.165, 1.54) is 0 Å². The fraction of sp³-hybridized carbons (Fsp3) is 0.818. The summed E-state index contributed by atoms with van der Waals surface area (Å²) in [6.45, 7) is 8.51. The predicted octanol–water partition coefficient (Wildman–Crippen LogP) is 1.60. The smallest absolute Gasteiger partial charge is 0.307 e. The van der Waals surface area contributed by atoms with Crippen LogP contribution in [0.25, 0.3) is 0 Å². The fourth-order valence-corrected chi connectivity index (χ4v) is 1.41. The average molecular weight is 215 g/mol. The maximum Gasteiger partial charge on any atom is 0.307 e. The molecule has 0 aromatic rings. The van der Waals surface area contributed by atoms with Crippen molar-refractivity contribution in [2.75, 3.05) is 13.1 Å². The van der Waals surface area contributed by atoms with Gasteiger partial charge in [0.2, 0.25) is 5.91 Å². The van der Waals surface area contributed by atoms with Crippen LogP contribution in [0, 0.1) is 11.8 Å². The predicted molar refractivity (Wildman–Crippen MR) is 58.5 cm³/mol. The molecule has 0 radical (unpaired) electrons. The maximum absolute atomic E-state index is 11.9. The number of nitrogens with zero attached hydrogens (tertiary/aromatic N) is 1. The van der Waals surface area contributed by atoms with Gasteiger partial charge in [-0.3, -0.25) is 9.59 Å². The average Bonchev–Trinajstić information content (AvgIpc) is 2.22. The second-order valence-corrected chi connectivity index (χ2v) is 3.83. The van der Waals surface area contributed by atoms with Crippen molar-refractivity contribution in [2.45, 2.75) is 34.1 Å². The fourth-order valence-electron chi connectivity index (χ4n) is 1.41. The second-order valence-electron chi connectivity index (χ2n) is 3.83. The molecule has 4 heteroatoms. The highest BCUT2D eigenvalue weighted by Crippen LogP contribution is 2.14. The third-order valence-corrected chi connectivity index (χ3v) is 2.72. The third-order valence-electron chi connectivity index (χ3n) is 2.72. The Labute approximate surface area is 91.3 Å². The Morgan fingerprint density at radius 1 is 1.20 bits per heavy atom. The monoisotopic (exact) mass is 215 g/mol. The van der Waals surface area contributed by atoms with E-state index >= 15 is 0 Å². The largest absolute Gasteiger partial charge is 0.481 e.